The van der Waals surface area contributed by atoms with Crippen molar-refractivity contribution in [2.45, 2.75) is 77.5 Å². The highest BCUT2D eigenvalue weighted by atomic mass is 32.2. The summed E-state index contributed by atoms with van der Waals surface area (Å²) in [6, 6.07) is -3.79. The minimum atomic E-state index is -1.13. The quantitative estimate of drug-likeness (QED) is 0.187. The van der Waals surface area contributed by atoms with Gasteiger partial charge in [-0.05, 0) is 36.7 Å². The van der Waals surface area contributed by atoms with Gasteiger partial charge < -0.3 is 31.8 Å². The lowest BCUT2D eigenvalue weighted by molar-refractivity contribution is -0.142. The number of nitrogens with zero attached hydrogens (tertiary/aromatic N) is 1. The minimum Gasteiger partial charge on any atom is -0.480 e. The number of aromatic nitrogens is 2. The number of imidazole rings is 1. The van der Waals surface area contributed by atoms with Crippen LogP contribution in [0, 0.1) is 11.8 Å². The van der Waals surface area contributed by atoms with E-state index in [2.05, 4.69) is 25.9 Å². The molecule has 0 aliphatic heterocycles. The lowest BCUT2D eigenvalue weighted by Crippen LogP contribution is -2.59. The van der Waals surface area contributed by atoms with Crippen molar-refractivity contribution in [3.8, 4) is 0 Å². The summed E-state index contributed by atoms with van der Waals surface area (Å²) in [6.45, 7) is 7.52. The van der Waals surface area contributed by atoms with Gasteiger partial charge in [-0.3, -0.25) is 14.4 Å². The van der Waals surface area contributed by atoms with Gasteiger partial charge in [0.1, 0.15) is 18.1 Å². The normalized spacial score (nSPS) is 15.5. The summed E-state index contributed by atoms with van der Waals surface area (Å²) in [5.74, 6) is -2.30. The molecule has 1 aromatic heterocycles. The Morgan fingerprint density at radius 1 is 1.09 bits per heavy atom. The summed E-state index contributed by atoms with van der Waals surface area (Å²) in [5.41, 5.74) is 6.72. The first kappa shape index (κ1) is 30.4. The van der Waals surface area contributed by atoms with E-state index < -0.39 is 47.9 Å². The van der Waals surface area contributed by atoms with Crippen LogP contribution in [0.25, 0.3) is 0 Å². The molecule has 5 atom stereocenters. The van der Waals surface area contributed by atoms with Crippen molar-refractivity contribution in [3.63, 3.8) is 0 Å². The molecule has 0 aromatic carbocycles. The van der Waals surface area contributed by atoms with Crippen LogP contribution in [0.5, 0.6) is 0 Å². The first-order valence-corrected chi connectivity index (χ1v) is 13.2. The van der Waals surface area contributed by atoms with E-state index in [9.17, 15) is 24.3 Å². The maximum Gasteiger partial charge on any atom is 0.326 e. The van der Waals surface area contributed by atoms with Gasteiger partial charge in [0.05, 0.1) is 12.4 Å². The van der Waals surface area contributed by atoms with Gasteiger partial charge in [0.2, 0.25) is 17.7 Å². The fraction of sp³-hybridized carbons (Fsp3) is 0.696. The number of rotatable bonds is 16. The molecule has 1 heterocycles. The highest BCUT2D eigenvalue weighted by molar-refractivity contribution is 7.98. The van der Waals surface area contributed by atoms with Crippen LogP contribution in [0.15, 0.2) is 12.5 Å². The maximum absolute atomic E-state index is 13.2. The molecule has 1 rings (SSSR count). The summed E-state index contributed by atoms with van der Waals surface area (Å²) in [5, 5.41) is 17.5. The van der Waals surface area contributed by atoms with Crippen molar-refractivity contribution < 1.29 is 24.3 Å². The van der Waals surface area contributed by atoms with E-state index in [1.807, 2.05) is 34.0 Å². The summed E-state index contributed by atoms with van der Waals surface area (Å²) in [4.78, 5) is 57.3. The van der Waals surface area contributed by atoms with E-state index in [1.54, 1.807) is 6.20 Å². The highest BCUT2D eigenvalue weighted by Gasteiger charge is 2.32. The molecule has 0 saturated heterocycles. The van der Waals surface area contributed by atoms with E-state index in [1.165, 1.54) is 18.1 Å². The van der Waals surface area contributed by atoms with Crippen molar-refractivity contribution >= 4 is 35.5 Å². The number of carboxylic acid groups (broad SMARTS) is 1. The van der Waals surface area contributed by atoms with Crippen LogP contribution in [0.2, 0.25) is 0 Å². The number of aromatic amines is 1. The van der Waals surface area contributed by atoms with Crippen molar-refractivity contribution in [2.24, 2.45) is 17.6 Å². The average Bonchev–Trinajstić information content (AvgIpc) is 3.31. The van der Waals surface area contributed by atoms with Gasteiger partial charge in [-0.25, -0.2) is 9.78 Å². The summed E-state index contributed by atoms with van der Waals surface area (Å²) >= 11 is 1.48. The van der Waals surface area contributed by atoms with Gasteiger partial charge in [-0.1, -0.05) is 34.1 Å². The van der Waals surface area contributed by atoms with Gasteiger partial charge >= 0.3 is 5.97 Å². The van der Waals surface area contributed by atoms with Crippen molar-refractivity contribution in [1.82, 2.24) is 25.9 Å². The Balaban J connectivity index is 2.95. The summed E-state index contributed by atoms with van der Waals surface area (Å²) in [6.07, 6.45) is 6.33. The number of carboxylic acids is 1. The largest absolute Gasteiger partial charge is 0.480 e. The van der Waals surface area contributed by atoms with E-state index >= 15 is 0 Å². The minimum absolute atomic E-state index is 0.0555. The number of H-pyrrole nitrogens is 1. The van der Waals surface area contributed by atoms with Crippen LogP contribution < -0.4 is 21.7 Å². The second kappa shape index (κ2) is 15.4. The second-order valence-corrected chi connectivity index (χ2v) is 10.1. The van der Waals surface area contributed by atoms with Crippen molar-refractivity contribution in [1.29, 1.82) is 0 Å². The van der Waals surface area contributed by atoms with Gasteiger partial charge in [0.15, 0.2) is 0 Å². The average molecular weight is 513 g/mol. The lowest BCUT2D eigenvalue weighted by atomic mass is 9.96. The molecule has 0 radical (unpaired) electrons. The molecule has 198 valence electrons. The highest BCUT2D eigenvalue weighted by Crippen LogP contribution is 2.12. The Morgan fingerprint density at radius 2 is 1.74 bits per heavy atom. The summed E-state index contributed by atoms with van der Waals surface area (Å²) < 4.78 is 0. The van der Waals surface area contributed by atoms with Crippen LogP contribution >= 0.6 is 11.8 Å². The lowest BCUT2D eigenvalue weighted by Gasteiger charge is -2.28. The summed E-state index contributed by atoms with van der Waals surface area (Å²) in [7, 11) is 0. The zero-order chi connectivity index (χ0) is 26.5. The fourth-order valence-corrected chi connectivity index (χ4v) is 3.89. The molecule has 0 aliphatic carbocycles. The molecule has 0 saturated carbocycles. The third kappa shape index (κ3) is 10.7. The Hall–Kier alpha value is -2.60. The number of nitrogens with one attached hydrogen (secondary N) is 4. The van der Waals surface area contributed by atoms with Gasteiger partial charge in [-0.15, -0.1) is 0 Å². The monoisotopic (exact) mass is 512 g/mol. The molecule has 12 heteroatoms. The number of aliphatic carboxylic acids is 1. The predicted molar refractivity (Wildman–Crippen MR) is 136 cm³/mol. The third-order valence-electron chi connectivity index (χ3n) is 5.69. The molecular formula is C23H40N6O5S. The zero-order valence-electron chi connectivity index (χ0n) is 21.2. The molecular weight excluding hydrogens is 472 g/mol. The molecule has 11 nitrogen and oxygen atoms in total. The van der Waals surface area contributed by atoms with Crippen LogP contribution in [-0.4, -0.2) is 74.9 Å². The number of amides is 3. The molecule has 0 fully saturated rings. The van der Waals surface area contributed by atoms with Gasteiger partial charge in [0, 0.05) is 18.3 Å². The second-order valence-electron chi connectivity index (χ2n) is 9.13. The molecule has 5 unspecified atom stereocenters. The molecule has 0 aliphatic rings. The maximum atomic E-state index is 13.2. The molecule has 3 amide bonds. The number of carbonyl (C=O) groups is 4. The zero-order valence-corrected chi connectivity index (χ0v) is 22.0. The molecule has 0 bridgehead atoms. The van der Waals surface area contributed by atoms with Gasteiger partial charge in [0.25, 0.3) is 0 Å². The van der Waals surface area contributed by atoms with E-state index in [0.29, 0.717) is 24.3 Å². The molecule has 1 aromatic rings. The predicted octanol–water partition coefficient (Wildman–Crippen LogP) is 0.664. The van der Waals surface area contributed by atoms with Gasteiger partial charge in [-0.2, -0.15) is 11.8 Å². The third-order valence-corrected chi connectivity index (χ3v) is 6.33. The van der Waals surface area contributed by atoms with Crippen LogP contribution in [0.3, 0.4) is 0 Å². The van der Waals surface area contributed by atoms with E-state index in [-0.39, 0.29) is 24.7 Å². The van der Waals surface area contributed by atoms with Crippen LogP contribution in [-0.2, 0) is 25.6 Å². The Bertz CT molecular complexity index is 819. The molecule has 0 spiro atoms. The first-order valence-electron chi connectivity index (χ1n) is 11.9. The number of nitrogens with two attached hydrogens (primary N) is 1. The first-order chi connectivity index (χ1) is 16.5. The van der Waals surface area contributed by atoms with Crippen molar-refractivity contribution in [2.75, 3.05) is 12.0 Å². The fourth-order valence-electron chi connectivity index (χ4n) is 3.42. The number of carbonyl (C=O) groups excluding carboxylic acids is 3. The molecule has 35 heavy (non-hydrogen) atoms. The Labute approximate surface area is 211 Å². The van der Waals surface area contributed by atoms with Crippen LogP contribution in [0.4, 0.5) is 0 Å². The smallest absolute Gasteiger partial charge is 0.326 e. The SMILES string of the molecule is CCC(C)C(NC(=O)C(N)Cc1cnc[nH]1)C(=O)NC(CC(C)C)C(=O)NC(CCSC)C(=O)O. The van der Waals surface area contributed by atoms with E-state index in [4.69, 9.17) is 5.73 Å². The van der Waals surface area contributed by atoms with E-state index in [0.717, 1.165) is 0 Å². The number of hydrogen-bond acceptors (Lipinski definition) is 7. The number of thioether (sulfide) groups is 1. The standard InChI is InChI=1S/C23H40N6O5S/c1-6-14(4)19(29-20(30)16(24)10-15-11-25-12-26-15)22(32)28-18(9-13(2)3)21(31)27-17(23(33)34)7-8-35-5/h11-14,16-19H,6-10,24H2,1-5H3,(H,25,26)(H,27,31)(H,28,32)(H,29,30)(H,33,34). The Morgan fingerprint density at radius 3 is 2.26 bits per heavy atom. The van der Waals surface area contributed by atoms with Crippen molar-refractivity contribution in [3.05, 3.63) is 18.2 Å². The topological polar surface area (TPSA) is 179 Å². The number of hydrogen-bond donors (Lipinski definition) is 6. The molecule has 7 N–H and O–H groups in total. The van der Waals surface area contributed by atoms with Crippen LogP contribution in [0.1, 0.15) is 52.7 Å². The Kier molecular flexibility index (Phi) is 13.4.